The van der Waals surface area contributed by atoms with Gasteiger partial charge >= 0.3 is 0 Å². The molecular weight excluding hydrogens is 447 g/mol. The quantitative estimate of drug-likeness (QED) is 0.657. The first-order chi connectivity index (χ1) is 12.6. The van der Waals surface area contributed by atoms with Crippen LogP contribution in [0, 0.1) is 3.57 Å². The van der Waals surface area contributed by atoms with Crippen LogP contribution in [-0.2, 0) is 19.4 Å². The van der Waals surface area contributed by atoms with Crippen molar-refractivity contribution in [3.63, 3.8) is 0 Å². The molecule has 2 aromatic rings. The number of hydrogen-bond donors (Lipinski definition) is 1. The lowest BCUT2D eigenvalue weighted by Crippen LogP contribution is -2.27. The lowest BCUT2D eigenvalue weighted by molar-refractivity contribution is 0.0952. The van der Waals surface area contributed by atoms with E-state index in [-0.39, 0.29) is 5.91 Å². The van der Waals surface area contributed by atoms with Crippen LogP contribution >= 0.6 is 22.6 Å². The highest BCUT2D eigenvalue weighted by molar-refractivity contribution is 14.1. The van der Waals surface area contributed by atoms with Gasteiger partial charge in [-0.3, -0.25) is 4.79 Å². The van der Waals surface area contributed by atoms with E-state index in [2.05, 4.69) is 42.7 Å². The van der Waals surface area contributed by atoms with Crippen molar-refractivity contribution in [2.24, 2.45) is 0 Å². The molecule has 0 atom stereocenters. The number of benzene rings is 1. The summed E-state index contributed by atoms with van der Waals surface area (Å²) in [5.41, 5.74) is 0.573. The summed E-state index contributed by atoms with van der Waals surface area (Å²) in [6.45, 7) is 1.49. The lowest BCUT2D eigenvalue weighted by Gasteiger charge is -2.12. The van der Waals surface area contributed by atoms with Gasteiger partial charge < -0.3 is 19.4 Å². The smallest absolute Gasteiger partial charge is 0.252 e. The summed E-state index contributed by atoms with van der Waals surface area (Å²) in [5.74, 6) is 3.04. The van der Waals surface area contributed by atoms with E-state index in [1.807, 2.05) is 0 Å². The number of aryl methyl sites for hydroxylation is 1. The van der Waals surface area contributed by atoms with Crippen LogP contribution < -0.4 is 14.8 Å². The number of nitrogens with one attached hydrogen (secondary N) is 1. The van der Waals surface area contributed by atoms with Crippen LogP contribution in [0.4, 0.5) is 0 Å². The Bertz CT molecular complexity index is 791. The van der Waals surface area contributed by atoms with Gasteiger partial charge in [-0.1, -0.05) is 6.42 Å². The SMILES string of the molecule is COc1cc(I)c(C(=O)NCCc2nnc3n2CCCCC3)cc1OC. The topological polar surface area (TPSA) is 78.3 Å². The van der Waals surface area contributed by atoms with Crippen LogP contribution in [0.25, 0.3) is 0 Å². The molecule has 7 nitrogen and oxygen atoms in total. The van der Waals surface area contributed by atoms with Gasteiger partial charge in [0.2, 0.25) is 0 Å². The second kappa shape index (κ2) is 8.70. The standard InChI is InChI=1S/C18H23IN4O3/c1-25-14-10-12(13(19)11-15(14)26-2)18(24)20-8-7-17-22-21-16-6-4-3-5-9-23(16)17/h10-11H,3-9H2,1-2H3,(H,20,24). The molecule has 1 amide bonds. The van der Waals surface area contributed by atoms with Gasteiger partial charge in [0.25, 0.3) is 5.91 Å². The molecule has 0 unspecified atom stereocenters. The van der Waals surface area contributed by atoms with E-state index in [1.54, 1.807) is 26.4 Å². The monoisotopic (exact) mass is 470 g/mol. The fraction of sp³-hybridized carbons (Fsp3) is 0.500. The van der Waals surface area contributed by atoms with Gasteiger partial charge in [0.05, 0.1) is 19.8 Å². The van der Waals surface area contributed by atoms with Gasteiger partial charge in [0, 0.05) is 29.5 Å². The van der Waals surface area contributed by atoms with Gasteiger partial charge in [-0.25, -0.2) is 0 Å². The fourth-order valence-electron chi connectivity index (χ4n) is 3.14. The minimum atomic E-state index is -0.133. The Morgan fingerprint density at radius 1 is 1.19 bits per heavy atom. The first-order valence-electron chi connectivity index (χ1n) is 8.74. The summed E-state index contributed by atoms with van der Waals surface area (Å²) in [6, 6.07) is 3.51. The molecule has 0 radical (unpaired) electrons. The summed E-state index contributed by atoms with van der Waals surface area (Å²) in [6.07, 6.45) is 5.23. The van der Waals surface area contributed by atoms with E-state index < -0.39 is 0 Å². The molecule has 0 saturated carbocycles. The molecule has 0 spiro atoms. The van der Waals surface area contributed by atoms with E-state index in [0.717, 1.165) is 34.6 Å². The van der Waals surface area contributed by atoms with Crippen LogP contribution in [0.5, 0.6) is 11.5 Å². The Labute approximate surface area is 166 Å². The maximum atomic E-state index is 12.6. The number of amides is 1. The van der Waals surface area contributed by atoms with Crippen LogP contribution in [-0.4, -0.2) is 41.4 Å². The summed E-state index contributed by atoms with van der Waals surface area (Å²) in [4.78, 5) is 12.6. The molecule has 140 valence electrons. The maximum Gasteiger partial charge on any atom is 0.252 e. The molecule has 1 aliphatic rings. The van der Waals surface area contributed by atoms with Crippen molar-refractivity contribution in [3.8, 4) is 11.5 Å². The molecule has 8 heteroatoms. The molecule has 2 heterocycles. The number of fused-ring (bicyclic) bond motifs is 1. The third-order valence-corrected chi connectivity index (χ3v) is 5.43. The van der Waals surface area contributed by atoms with E-state index in [0.29, 0.717) is 30.0 Å². The van der Waals surface area contributed by atoms with Gasteiger partial charge in [0.15, 0.2) is 11.5 Å². The van der Waals surface area contributed by atoms with Crippen molar-refractivity contribution in [1.29, 1.82) is 0 Å². The van der Waals surface area contributed by atoms with Crippen molar-refractivity contribution in [2.75, 3.05) is 20.8 Å². The highest BCUT2D eigenvalue weighted by Gasteiger charge is 2.17. The number of halogens is 1. The molecular formula is C18H23IN4O3. The minimum Gasteiger partial charge on any atom is -0.493 e. The van der Waals surface area contributed by atoms with Crippen molar-refractivity contribution < 1.29 is 14.3 Å². The molecule has 0 saturated heterocycles. The van der Waals surface area contributed by atoms with E-state index in [1.165, 1.54) is 12.8 Å². The number of hydrogen-bond acceptors (Lipinski definition) is 5. The Kier molecular flexibility index (Phi) is 6.33. The van der Waals surface area contributed by atoms with Crippen LogP contribution in [0.3, 0.4) is 0 Å². The second-order valence-corrected chi connectivity index (χ2v) is 7.35. The number of ether oxygens (including phenoxy) is 2. The average Bonchev–Trinajstić information content (AvgIpc) is 2.88. The zero-order chi connectivity index (χ0) is 18.5. The van der Waals surface area contributed by atoms with Gasteiger partial charge in [-0.15, -0.1) is 10.2 Å². The number of carbonyl (C=O) groups excluding carboxylic acids is 1. The number of aromatic nitrogens is 3. The van der Waals surface area contributed by atoms with E-state index in [4.69, 9.17) is 9.47 Å². The molecule has 3 rings (SSSR count). The average molecular weight is 470 g/mol. The number of methoxy groups -OCH3 is 2. The molecule has 1 aliphatic heterocycles. The first-order valence-corrected chi connectivity index (χ1v) is 9.82. The van der Waals surface area contributed by atoms with Crippen LogP contribution in [0.1, 0.15) is 41.3 Å². The van der Waals surface area contributed by atoms with Crippen LogP contribution in [0.2, 0.25) is 0 Å². The van der Waals surface area contributed by atoms with Crippen LogP contribution in [0.15, 0.2) is 12.1 Å². The van der Waals surface area contributed by atoms with Crippen molar-refractivity contribution in [2.45, 2.75) is 38.6 Å². The van der Waals surface area contributed by atoms with Gasteiger partial charge in [-0.05, 0) is 47.6 Å². The Morgan fingerprint density at radius 3 is 2.73 bits per heavy atom. The third-order valence-electron chi connectivity index (χ3n) is 4.54. The Balaban J connectivity index is 1.64. The summed E-state index contributed by atoms with van der Waals surface area (Å²) < 4.78 is 13.6. The molecule has 1 N–H and O–H groups in total. The number of carbonyl (C=O) groups is 1. The predicted molar refractivity (Wildman–Crippen MR) is 106 cm³/mol. The molecule has 1 aromatic carbocycles. The molecule has 26 heavy (non-hydrogen) atoms. The zero-order valence-corrected chi connectivity index (χ0v) is 17.2. The predicted octanol–water partition coefficient (Wildman–Crippen LogP) is 2.60. The third kappa shape index (κ3) is 4.11. The summed E-state index contributed by atoms with van der Waals surface area (Å²) in [7, 11) is 3.14. The first kappa shape index (κ1) is 18.9. The Hall–Kier alpha value is -1.84. The van der Waals surface area contributed by atoms with E-state index >= 15 is 0 Å². The number of rotatable bonds is 6. The highest BCUT2D eigenvalue weighted by Crippen LogP contribution is 2.31. The highest BCUT2D eigenvalue weighted by atomic mass is 127. The summed E-state index contributed by atoms with van der Waals surface area (Å²) >= 11 is 2.13. The molecule has 0 fully saturated rings. The molecule has 1 aromatic heterocycles. The lowest BCUT2D eigenvalue weighted by atomic mass is 10.2. The van der Waals surface area contributed by atoms with Gasteiger partial charge in [-0.2, -0.15) is 0 Å². The second-order valence-electron chi connectivity index (χ2n) is 6.19. The van der Waals surface area contributed by atoms with Crippen molar-refractivity contribution in [3.05, 3.63) is 32.9 Å². The summed E-state index contributed by atoms with van der Waals surface area (Å²) in [5, 5.41) is 11.6. The number of nitrogens with zero attached hydrogens (tertiary/aromatic N) is 3. The fourth-order valence-corrected chi connectivity index (χ4v) is 3.82. The van der Waals surface area contributed by atoms with Gasteiger partial charge in [0.1, 0.15) is 11.6 Å². The largest absolute Gasteiger partial charge is 0.493 e. The molecule has 0 aliphatic carbocycles. The van der Waals surface area contributed by atoms with Crippen molar-refractivity contribution >= 4 is 28.5 Å². The maximum absolute atomic E-state index is 12.6. The zero-order valence-electron chi connectivity index (χ0n) is 15.0. The van der Waals surface area contributed by atoms with E-state index in [9.17, 15) is 4.79 Å². The minimum absolute atomic E-state index is 0.133. The Morgan fingerprint density at radius 2 is 1.96 bits per heavy atom. The van der Waals surface area contributed by atoms with Crippen molar-refractivity contribution in [1.82, 2.24) is 20.1 Å². The normalized spacial score (nSPS) is 13.7. The molecule has 0 bridgehead atoms.